The van der Waals surface area contributed by atoms with E-state index in [0.29, 0.717) is 0 Å². The molecule has 0 aromatic heterocycles. The van der Waals surface area contributed by atoms with Crippen LogP contribution in [0.25, 0.3) is 99.1 Å². The molecule has 0 bridgehead atoms. The third-order valence-corrected chi connectivity index (χ3v) is 11.6. The third-order valence-electron chi connectivity index (χ3n) is 11.6. The molecule has 0 atom stereocenters. The Labute approximate surface area is 329 Å². The van der Waals surface area contributed by atoms with Gasteiger partial charge in [-0.25, -0.2) is 0 Å². The van der Waals surface area contributed by atoms with Crippen molar-refractivity contribution >= 4 is 32.3 Å². The molecule has 0 N–H and O–H groups in total. The molecule has 10 aromatic rings. The van der Waals surface area contributed by atoms with E-state index in [9.17, 15) is 0 Å². The van der Waals surface area contributed by atoms with Gasteiger partial charge in [-0.2, -0.15) is 0 Å². The van der Waals surface area contributed by atoms with Gasteiger partial charge in [0.1, 0.15) is 0 Å². The summed E-state index contributed by atoms with van der Waals surface area (Å²) in [4.78, 5) is 0. The minimum atomic E-state index is 1.21. The fourth-order valence-corrected chi connectivity index (χ4v) is 8.55. The summed E-state index contributed by atoms with van der Waals surface area (Å²) in [6.45, 7) is 4.35. The Morgan fingerprint density at radius 3 is 0.911 bits per heavy atom. The van der Waals surface area contributed by atoms with Crippen LogP contribution in [0, 0.1) is 13.8 Å². The first kappa shape index (κ1) is 33.5. The van der Waals surface area contributed by atoms with Crippen LogP contribution in [-0.4, -0.2) is 0 Å². The lowest BCUT2D eigenvalue weighted by molar-refractivity contribution is 1.46. The zero-order valence-corrected chi connectivity index (χ0v) is 31.6. The summed E-state index contributed by atoms with van der Waals surface area (Å²) in [5.41, 5.74) is 17.4. The summed E-state index contributed by atoms with van der Waals surface area (Å²) >= 11 is 0. The van der Waals surface area contributed by atoms with Crippen molar-refractivity contribution in [3.63, 3.8) is 0 Å². The van der Waals surface area contributed by atoms with Crippen LogP contribution in [0.3, 0.4) is 0 Å². The van der Waals surface area contributed by atoms with Crippen molar-refractivity contribution in [2.45, 2.75) is 13.8 Å². The van der Waals surface area contributed by atoms with E-state index in [1.807, 2.05) is 0 Å². The topological polar surface area (TPSA) is 0 Å². The van der Waals surface area contributed by atoms with Crippen LogP contribution in [0.4, 0.5) is 0 Å². The van der Waals surface area contributed by atoms with Gasteiger partial charge in [0.25, 0.3) is 0 Å². The number of benzene rings is 10. The zero-order chi connectivity index (χ0) is 37.6. The van der Waals surface area contributed by atoms with Crippen molar-refractivity contribution in [3.05, 3.63) is 217 Å². The highest BCUT2D eigenvalue weighted by Crippen LogP contribution is 2.40. The third kappa shape index (κ3) is 6.06. The lowest BCUT2D eigenvalue weighted by Crippen LogP contribution is -1.88. The van der Waals surface area contributed by atoms with Crippen LogP contribution in [0.15, 0.2) is 206 Å². The van der Waals surface area contributed by atoms with Gasteiger partial charge >= 0.3 is 0 Å². The summed E-state index contributed by atoms with van der Waals surface area (Å²) in [5.74, 6) is 0. The highest BCUT2D eigenvalue weighted by atomic mass is 14.2. The molecule has 0 fully saturated rings. The molecular weight excluding hydrogens is 673 g/mol. The summed E-state index contributed by atoms with van der Waals surface area (Å²) in [7, 11) is 0. The fourth-order valence-electron chi connectivity index (χ4n) is 8.55. The minimum Gasteiger partial charge on any atom is -0.0620 e. The Hall–Kier alpha value is -7.02. The molecule has 0 unspecified atom stereocenters. The Morgan fingerprint density at radius 2 is 0.500 bits per heavy atom. The van der Waals surface area contributed by atoms with E-state index < -0.39 is 0 Å². The Balaban J connectivity index is 1.04. The molecule has 0 saturated heterocycles. The van der Waals surface area contributed by atoms with Gasteiger partial charge in [-0.1, -0.05) is 182 Å². The zero-order valence-electron chi connectivity index (χ0n) is 31.6. The second-order valence-electron chi connectivity index (χ2n) is 15.0. The fraction of sp³-hybridized carbons (Fsp3) is 0.0357. The average Bonchev–Trinajstić information content (AvgIpc) is 3.27. The molecule has 0 heterocycles. The maximum atomic E-state index is 2.40. The summed E-state index contributed by atoms with van der Waals surface area (Å²) in [6.07, 6.45) is 0. The Kier molecular flexibility index (Phi) is 8.38. The van der Waals surface area contributed by atoms with E-state index in [4.69, 9.17) is 0 Å². The lowest BCUT2D eigenvalue weighted by Gasteiger charge is -2.14. The predicted octanol–water partition coefficient (Wildman–Crippen LogP) is 15.8. The van der Waals surface area contributed by atoms with Crippen LogP contribution in [-0.2, 0) is 0 Å². The van der Waals surface area contributed by atoms with E-state index in [2.05, 4.69) is 220 Å². The highest BCUT2D eigenvalue weighted by molar-refractivity contribution is 6.26. The molecule has 56 heavy (non-hydrogen) atoms. The van der Waals surface area contributed by atoms with E-state index in [1.165, 1.54) is 110 Å². The number of hydrogen-bond acceptors (Lipinski definition) is 0. The second-order valence-corrected chi connectivity index (χ2v) is 15.0. The van der Waals surface area contributed by atoms with Gasteiger partial charge in [-0.3, -0.25) is 0 Å². The van der Waals surface area contributed by atoms with E-state index in [0.717, 1.165) is 0 Å². The smallest absolute Gasteiger partial charge is 0.00926 e. The molecule has 0 heteroatoms. The predicted molar refractivity (Wildman–Crippen MR) is 241 cm³/mol. The lowest BCUT2D eigenvalue weighted by atomic mass is 9.89. The number of aryl methyl sites for hydroxylation is 2. The van der Waals surface area contributed by atoms with Crippen molar-refractivity contribution in [2.24, 2.45) is 0 Å². The number of fused-ring (bicyclic) bond motifs is 6. The van der Waals surface area contributed by atoms with E-state index in [-0.39, 0.29) is 0 Å². The molecule has 0 aliphatic heterocycles. The van der Waals surface area contributed by atoms with Crippen molar-refractivity contribution in [2.75, 3.05) is 0 Å². The summed E-state index contributed by atoms with van der Waals surface area (Å²) in [5, 5.41) is 7.67. The number of hydrogen-bond donors (Lipinski definition) is 0. The summed E-state index contributed by atoms with van der Waals surface area (Å²) < 4.78 is 0. The van der Waals surface area contributed by atoms with E-state index >= 15 is 0 Å². The molecular formula is C56H40. The molecule has 0 saturated carbocycles. The van der Waals surface area contributed by atoms with Gasteiger partial charge < -0.3 is 0 Å². The molecule has 0 aliphatic rings. The van der Waals surface area contributed by atoms with Crippen LogP contribution in [0.2, 0.25) is 0 Å². The first-order valence-electron chi connectivity index (χ1n) is 19.5. The minimum absolute atomic E-state index is 1.21. The normalized spacial score (nSPS) is 11.4. The monoisotopic (exact) mass is 712 g/mol. The van der Waals surface area contributed by atoms with Crippen molar-refractivity contribution in [1.82, 2.24) is 0 Å². The first-order valence-corrected chi connectivity index (χ1v) is 19.5. The molecule has 0 spiro atoms. The second kappa shape index (κ2) is 14.0. The molecule has 264 valence electrons. The van der Waals surface area contributed by atoms with Gasteiger partial charge in [0.05, 0.1) is 0 Å². The number of rotatable bonds is 6. The van der Waals surface area contributed by atoms with Gasteiger partial charge in [0, 0.05) is 0 Å². The highest BCUT2D eigenvalue weighted by Gasteiger charge is 2.13. The van der Waals surface area contributed by atoms with Gasteiger partial charge in [0.2, 0.25) is 0 Å². The quantitative estimate of drug-likeness (QED) is 0.151. The van der Waals surface area contributed by atoms with E-state index in [1.54, 1.807) is 0 Å². The molecule has 0 nitrogen and oxygen atoms in total. The molecule has 0 aliphatic carbocycles. The maximum absolute atomic E-state index is 2.40. The van der Waals surface area contributed by atoms with Crippen LogP contribution in [0.5, 0.6) is 0 Å². The van der Waals surface area contributed by atoms with Crippen LogP contribution < -0.4 is 0 Å². The average molecular weight is 713 g/mol. The Bertz CT molecular complexity index is 2860. The van der Waals surface area contributed by atoms with Gasteiger partial charge in [-0.15, -0.1) is 0 Å². The molecule has 0 radical (unpaired) electrons. The molecule has 10 rings (SSSR count). The SMILES string of the molecule is Cc1ccccc1-c1ccc(-c2cccc(-c3ccc4c5ccccc5c5ccc(-c6cccc(-c7ccc(-c8ccccc8C)cc7)c6)cc5c4c3)c2)cc1. The largest absolute Gasteiger partial charge is 0.0620 e. The first-order chi connectivity index (χ1) is 27.6. The van der Waals surface area contributed by atoms with Crippen LogP contribution >= 0.6 is 0 Å². The Morgan fingerprint density at radius 1 is 0.196 bits per heavy atom. The molecule has 0 amide bonds. The van der Waals surface area contributed by atoms with Crippen LogP contribution in [0.1, 0.15) is 11.1 Å². The maximum Gasteiger partial charge on any atom is -0.00926 e. The van der Waals surface area contributed by atoms with Crippen molar-refractivity contribution in [1.29, 1.82) is 0 Å². The van der Waals surface area contributed by atoms with Crippen molar-refractivity contribution < 1.29 is 0 Å². The van der Waals surface area contributed by atoms with Crippen molar-refractivity contribution in [3.8, 4) is 66.8 Å². The standard InChI is InChI=1S/C56H40/c1-37-11-3-5-17-49(37)41-25-21-39(22-26-41)43-13-9-15-45(33-43)47-29-31-53-51-19-7-8-20-52(51)54-32-30-48(36-56(54)55(53)35-47)46-16-10-14-44(34-46)40-23-27-42(28-24-40)50-18-6-4-12-38(50)2/h3-36H,1-2H3. The van der Waals surface area contributed by atoms with Gasteiger partial charge in [0.15, 0.2) is 0 Å². The molecule has 10 aromatic carbocycles. The summed E-state index contributed by atoms with van der Waals surface area (Å²) in [6, 6.07) is 75.9. The van der Waals surface area contributed by atoms with Gasteiger partial charge in [-0.05, 0) is 148 Å².